The van der Waals surface area contributed by atoms with Gasteiger partial charge < -0.3 is 9.64 Å². The van der Waals surface area contributed by atoms with Gasteiger partial charge in [-0.05, 0) is 74.0 Å². The van der Waals surface area contributed by atoms with Crippen LogP contribution in [-0.4, -0.2) is 31.1 Å². The van der Waals surface area contributed by atoms with E-state index in [2.05, 4.69) is 54.3 Å². The average molecular weight is 311 g/mol. The predicted octanol–water partition coefficient (Wildman–Crippen LogP) is 5.12. The Kier molecular flexibility index (Phi) is 5.93. The van der Waals surface area contributed by atoms with Crippen LogP contribution in [0.15, 0.2) is 42.5 Å². The van der Waals surface area contributed by atoms with Crippen LogP contribution in [0.4, 0.5) is 0 Å². The molecule has 1 aliphatic heterocycles. The molecular formula is C21H29NO. The van der Waals surface area contributed by atoms with E-state index in [-0.39, 0.29) is 0 Å². The summed E-state index contributed by atoms with van der Waals surface area (Å²) in [5.41, 5.74) is 0. The number of unbranched alkanes of at least 4 members (excludes halogenated alkanes) is 2. The second-order valence-electron chi connectivity index (χ2n) is 6.97. The smallest absolute Gasteiger partial charge is 0.119 e. The van der Waals surface area contributed by atoms with E-state index in [0.717, 1.165) is 24.7 Å². The third kappa shape index (κ3) is 4.97. The Morgan fingerprint density at radius 3 is 2.78 bits per heavy atom. The van der Waals surface area contributed by atoms with E-state index in [1.165, 1.54) is 56.1 Å². The maximum absolute atomic E-state index is 5.91. The number of likely N-dealkylation sites (tertiary alicyclic amines) is 1. The van der Waals surface area contributed by atoms with E-state index in [4.69, 9.17) is 4.74 Å². The van der Waals surface area contributed by atoms with Gasteiger partial charge in [-0.3, -0.25) is 0 Å². The van der Waals surface area contributed by atoms with Crippen LogP contribution in [0.3, 0.4) is 0 Å². The van der Waals surface area contributed by atoms with Crippen molar-refractivity contribution >= 4 is 10.8 Å². The van der Waals surface area contributed by atoms with Crippen LogP contribution in [-0.2, 0) is 0 Å². The van der Waals surface area contributed by atoms with Crippen LogP contribution in [0, 0.1) is 5.92 Å². The lowest BCUT2D eigenvalue weighted by Crippen LogP contribution is -2.34. The zero-order valence-electron chi connectivity index (χ0n) is 14.3. The van der Waals surface area contributed by atoms with E-state index in [0.29, 0.717) is 0 Å². The molecule has 0 radical (unpaired) electrons. The summed E-state index contributed by atoms with van der Waals surface area (Å²) in [6.45, 7) is 7.07. The summed E-state index contributed by atoms with van der Waals surface area (Å²) >= 11 is 0. The predicted molar refractivity (Wildman–Crippen MR) is 98.1 cm³/mol. The highest BCUT2D eigenvalue weighted by molar-refractivity contribution is 5.83. The van der Waals surface area contributed by atoms with Crippen molar-refractivity contribution < 1.29 is 4.74 Å². The second kappa shape index (κ2) is 8.35. The highest BCUT2D eigenvalue weighted by atomic mass is 16.5. The Hall–Kier alpha value is -1.54. The van der Waals surface area contributed by atoms with Gasteiger partial charge in [0.25, 0.3) is 0 Å². The first-order chi connectivity index (χ1) is 11.3. The minimum atomic E-state index is 0.828. The minimum Gasteiger partial charge on any atom is -0.494 e. The molecule has 2 aromatic carbocycles. The van der Waals surface area contributed by atoms with Gasteiger partial charge in [0, 0.05) is 6.54 Å². The summed E-state index contributed by atoms with van der Waals surface area (Å²) in [5.74, 6) is 1.88. The first kappa shape index (κ1) is 16.3. The molecule has 1 unspecified atom stereocenters. The van der Waals surface area contributed by atoms with Crippen molar-refractivity contribution in [3.05, 3.63) is 42.5 Å². The third-order valence-corrected chi connectivity index (χ3v) is 4.85. The van der Waals surface area contributed by atoms with Crippen molar-refractivity contribution in [3.8, 4) is 5.75 Å². The SMILES string of the molecule is CC1CCCN(CCCCCOc2ccc3ccccc3c2)C1. The fourth-order valence-electron chi connectivity index (χ4n) is 3.55. The molecule has 0 bridgehead atoms. The van der Waals surface area contributed by atoms with Gasteiger partial charge in [-0.15, -0.1) is 0 Å². The molecule has 0 saturated carbocycles. The van der Waals surface area contributed by atoms with Crippen molar-refractivity contribution in [3.63, 3.8) is 0 Å². The van der Waals surface area contributed by atoms with Crippen LogP contribution in [0.25, 0.3) is 10.8 Å². The monoisotopic (exact) mass is 311 g/mol. The molecule has 1 saturated heterocycles. The van der Waals surface area contributed by atoms with E-state index >= 15 is 0 Å². The first-order valence-electron chi connectivity index (χ1n) is 9.15. The Balaban J connectivity index is 1.33. The Morgan fingerprint density at radius 2 is 1.91 bits per heavy atom. The van der Waals surface area contributed by atoms with Gasteiger partial charge in [-0.25, -0.2) is 0 Å². The number of benzene rings is 2. The molecule has 124 valence electrons. The molecule has 0 spiro atoms. The van der Waals surface area contributed by atoms with Gasteiger partial charge in [-0.2, -0.15) is 0 Å². The number of ether oxygens (including phenoxy) is 1. The average Bonchev–Trinajstić information content (AvgIpc) is 2.58. The Bertz CT molecular complexity index is 610. The van der Waals surface area contributed by atoms with Gasteiger partial charge in [0.15, 0.2) is 0 Å². The van der Waals surface area contributed by atoms with Gasteiger partial charge in [0.05, 0.1) is 6.61 Å². The first-order valence-corrected chi connectivity index (χ1v) is 9.15. The molecule has 0 aliphatic carbocycles. The molecule has 0 aromatic heterocycles. The van der Waals surface area contributed by atoms with Crippen molar-refractivity contribution in [2.45, 2.75) is 39.0 Å². The van der Waals surface area contributed by atoms with Crippen LogP contribution in [0.1, 0.15) is 39.0 Å². The van der Waals surface area contributed by atoms with Gasteiger partial charge >= 0.3 is 0 Å². The van der Waals surface area contributed by atoms with E-state index in [1.807, 2.05) is 0 Å². The second-order valence-corrected chi connectivity index (χ2v) is 6.97. The quantitative estimate of drug-likeness (QED) is 0.658. The fraction of sp³-hybridized carbons (Fsp3) is 0.524. The van der Waals surface area contributed by atoms with Crippen molar-refractivity contribution in [2.24, 2.45) is 5.92 Å². The molecule has 0 N–H and O–H groups in total. The molecule has 1 fully saturated rings. The van der Waals surface area contributed by atoms with Crippen molar-refractivity contribution in [1.29, 1.82) is 0 Å². The number of hydrogen-bond acceptors (Lipinski definition) is 2. The van der Waals surface area contributed by atoms with Crippen LogP contribution in [0.5, 0.6) is 5.75 Å². The van der Waals surface area contributed by atoms with Crippen molar-refractivity contribution in [2.75, 3.05) is 26.2 Å². The zero-order valence-corrected chi connectivity index (χ0v) is 14.3. The van der Waals surface area contributed by atoms with E-state index in [9.17, 15) is 0 Å². The van der Waals surface area contributed by atoms with Crippen molar-refractivity contribution in [1.82, 2.24) is 4.90 Å². The normalized spacial score (nSPS) is 19.1. The molecule has 1 aliphatic rings. The highest BCUT2D eigenvalue weighted by Gasteiger charge is 2.15. The molecule has 2 nitrogen and oxygen atoms in total. The molecule has 2 heteroatoms. The largest absolute Gasteiger partial charge is 0.494 e. The van der Waals surface area contributed by atoms with E-state index < -0.39 is 0 Å². The third-order valence-electron chi connectivity index (χ3n) is 4.85. The topological polar surface area (TPSA) is 12.5 Å². The summed E-state index contributed by atoms with van der Waals surface area (Å²) in [6, 6.07) is 14.8. The zero-order chi connectivity index (χ0) is 15.9. The summed E-state index contributed by atoms with van der Waals surface area (Å²) < 4.78 is 5.91. The number of nitrogens with zero attached hydrogens (tertiary/aromatic N) is 1. The molecule has 1 heterocycles. The lowest BCUT2D eigenvalue weighted by atomic mass is 10.00. The summed E-state index contributed by atoms with van der Waals surface area (Å²) in [6.07, 6.45) is 6.50. The highest BCUT2D eigenvalue weighted by Crippen LogP contribution is 2.21. The molecule has 3 rings (SSSR count). The fourth-order valence-corrected chi connectivity index (χ4v) is 3.55. The molecule has 23 heavy (non-hydrogen) atoms. The van der Waals surface area contributed by atoms with Gasteiger partial charge in [0.2, 0.25) is 0 Å². The number of fused-ring (bicyclic) bond motifs is 1. The molecule has 1 atom stereocenters. The number of hydrogen-bond donors (Lipinski definition) is 0. The minimum absolute atomic E-state index is 0.828. The van der Waals surface area contributed by atoms with Crippen LogP contribution < -0.4 is 4.74 Å². The van der Waals surface area contributed by atoms with Gasteiger partial charge in [-0.1, -0.05) is 37.3 Å². The summed E-state index contributed by atoms with van der Waals surface area (Å²) in [7, 11) is 0. The Morgan fingerprint density at radius 1 is 1.04 bits per heavy atom. The molecule has 0 amide bonds. The molecule has 2 aromatic rings. The number of piperidine rings is 1. The maximum Gasteiger partial charge on any atom is 0.119 e. The standard InChI is InChI=1S/C21H29NO/c1-18-8-7-14-22(17-18)13-5-2-6-15-23-21-12-11-19-9-3-4-10-20(19)16-21/h3-4,9-12,16,18H,2,5-8,13-15,17H2,1H3. The summed E-state index contributed by atoms with van der Waals surface area (Å²) in [5, 5.41) is 2.53. The van der Waals surface area contributed by atoms with Crippen LogP contribution in [0.2, 0.25) is 0 Å². The van der Waals surface area contributed by atoms with E-state index in [1.54, 1.807) is 0 Å². The summed E-state index contributed by atoms with van der Waals surface area (Å²) in [4.78, 5) is 2.64. The number of rotatable bonds is 7. The van der Waals surface area contributed by atoms with Gasteiger partial charge in [0.1, 0.15) is 5.75 Å². The lowest BCUT2D eigenvalue weighted by molar-refractivity contribution is 0.179. The molecular weight excluding hydrogens is 282 g/mol. The lowest BCUT2D eigenvalue weighted by Gasteiger charge is -2.30. The maximum atomic E-state index is 5.91. The Labute approximate surface area is 140 Å². The van der Waals surface area contributed by atoms with Crippen LogP contribution >= 0.6 is 0 Å².